The normalized spacial score (nSPS) is 15.3. The van der Waals surface area contributed by atoms with Crippen molar-refractivity contribution in [3.63, 3.8) is 0 Å². The smallest absolute Gasteiger partial charge is 0.172 e. The summed E-state index contributed by atoms with van der Waals surface area (Å²) in [5.41, 5.74) is 0. The number of pyridine rings is 1. The van der Waals surface area contributed by atoms with Gasteiger partial charge in [-0.1, -0.05) is 18.2 Å². The maximum atomic E-state index is 5.94. The Kier molecular flexibility index (Phi) is 3.61. The number of para-hydroxylation sites is 1. The van der Waals surface area contributed by atoms with Crippen LogP contribution in [0.15, 0.2) is 48.7 Å². The van der Waals surface area contributed by atoms with Crippen molar-refractivity contribution in [1.29, 1.82) is 0 Å². The fraction of sp³-hybridized carbons (Fsp3) is 0.267. The average molecular weight is 255 g/mol. The molecule has 1 fully saturated rings. The third-order valence-corrected chi connectivity index (χ3v) is 3.14. The summed E-state index contributed by atoms with van der Waals surface area (Å²) in [5, 5.41) is 3.34. The molecule has 19 heavy (non-hydrogen) atoms. The third-order valence-electron chi connectivity index (χ3n) is 3.14. The van der Waals surface area contributed by atoms with Crippen molar-refractivity contribution in [1.82, 2.24) is 10.3 Å². The van der Waals surface area contributed by atoms with Crippen LogP contribution in [0.25, 0.3) is 0 Å². The molecule has 1 aliphatic heterocycles. The largest absolute Gasteiger partial charge is 0.453 e. The minimum absolute atomic E-state index is 0.815. The van der Waals surface area contributed by atoms with E-state index in [0.29, 0.717) is 0 Å². The van der Waals surface area contributed by atoms with Crippen molar-refractivity contribution >= 4 is 5.82 Å². The topological polar surface area (TPSA) is 37.4 Å². The lowest BCUT2D eigenvalue weighted by Gasteiger charge is -2.29. The zero-order valence-electron chi connectivity index (χ0n) is 10.7. The maximum absolute atomic E-state index is 5.94. The molecular weight excluding hydrogens is 238 g/mol. The van der Waals surface area contributed by atoms with Crippen molar-refractivity contribution in [2.75, 3.05) is 31.1 Å². The molecule has 0 bridgehead atoms. The molecule has 0 atom stereocenters. The maximum Gasteiger partial charge on any atom is 0.172 e. The fourth-order valence-corrected chi connectivity index (χ4v) is 2.19. The molecule has 2 heterocycles. The Morgan fingerprint density at radius 1 is 1.00 bits per heavy atom. The molecule has 0 amide bonds. The van der Waals surface area contributed by atoms with Crippen LogP contribution >= 0.6 is 0 Å². The molecule has 0 spiro atoms. The van der Waals surface area contributed by atoms with E-state index < -0.39 is 0 Å². The highest BCUT2D eigenvalue weighted by Crippen LogP contribution is 2.29. The number of benzene rings is 1. The second kappa shape index (κ2) is 5.71. The number of piperazine rings is 1. The SMILES string of the molecule is c1ccc(Oc2cccnc2N2CCNCC2)cc1. The quantitative estimate of drug-likeness (QED) is 0.913. The molecule has 4 nitrogen and oxygen atoms in total. The first-order chi connectivity index (χ1) is 9.43. The van der Waals surface area contributed by atoms with Crippen molar-refractivity contribution in [2.45, 2.75) is 0 Å². The lowest BCUT2D eigenvalue weighted by atomic mass is 10.3. The molecule has 0 radical (unpaired) electrons. The fourth-order valence-electron chi connectivity index (χ4n) is 2.19. The molecule has 0 saturated carbocycles. The van der Waals surface area contributed by atoms with E-state index in [1.54, 1.807) is 0 Å². The molecular formula is C15H17N3O. The third kappa shape index (κ3) is 2.85. The minimum atomic E-state index is 0.815. The highest BCUT2D eigenvalue weighted by molar-refractivity contribution is 5.54. The number of nitrogens with zero attached hydrogens (tertiary/aromatic N) is 2. The number of hydrogen-bond donors (Lipinski definition) is 1. The van der Waals surface area contributed by atoms with Crippen molar-refractivity contribution in [3.8, 4) is 11.5 Å². The summed E-state index contributed by atoms with van der Waals surface area (Å²) in [6.45, 7) is 3.90. The second-order valence-corrected chi connectivity index (χ2v) is 4.48. The van der Waals surface area contributed by atoms with Crippen LogP contribution < -0.4 is 15.0 Å². The van der Waals surface area contributed by atoms with E-state index in [9.17, 15) is 0 Å². The summed E-state index contributed by atoms with van der Waals surface area (Å²) in [6.07, 6.45) is 1.81. The average Bonchev–Trinajstić information content (AvgIpc) is 2.50. The first kappa shape index (κ1) is 12.0. The molecule has 1 aromatic carbocycles. The molecule has 3 rings (SSSR count). The van der Waals surface area contributed by atoms with Gasteiger partial charge in [0.15, 0.2) is 11.6 Å². The summed E-state index contributed by atoms with van der Waals surface area (Å²) in [4.78, 5) is 6.73. The highest BCUT2D eigenvalue weighted by atomic mass is 16.5. The van der Waals surface area contributed by atoms with Gasteiger partial charge in [0.2, 0.25) is 0 Å². The van der Waals surface area contributed by atoms with E-state index in [1.165, 1.54) is 0 Å². The van der Waals surface area contributed by atoms with Crippen molar-refractivity contribution < 1.29 is 4.74 Å². The lowest BCUT2D eigenvalue weighted by molar-refractivity contribution is 0.475. The second-order valence-electron chi connectivity index (χ2n) is 4.48. The van der Waals surface area contributed by atoms with E-state index in [-0.39, 0.29) is 0 Å². The zero-order chi connectivity index (χ0) is 12.9. The Morgan fingerprint density at radius 3 is 2.58 bits per heavy atom. The van der Waals surface area contributed by atoms with Crippen LogP contribution in [0.2, 0.25) is 0 Å². The van der Waals surface area contributed by atoms with Crippen LogP contribution in [0.4, 0.5) is 5.82 Å². The zero-order valence-corrected chi connectivity index (χ0v) is 10.7. The van der Waals surface area contributed by atoms with E-state index in [4.69, 9.17) is 4.74 Å². The molecule has 1 N–H and O–H groups in total. The Morgan fingerprint density at radius 2 is 1.79 bits per heavy atom. The summed E-state index contributed by atoms with van der Waals surface area (Å²) < 4.78 is 5.94. The Hall–Kier alpha value is -2.07. The van der Waals surface area contributed by atoms with Gasteiger partial charge >= 0.3 is 0 Å². The van der Waals surface area contributed by atoms with Crippen LogP contribution in [-0.4, -0.2) is 31.2 Å². The molecule has 1 aliphatic rings. The standard InChI is InChI=1S/C15H17N3O/c1-2-5-13(6-3-1)19-14-7-4-8-17-15(14)18-11-9-16-10-12-18/h1-8,16H,9-12H2. The van der Waals surface area contributed by atoms with Gasteiger partial charge in [0.1, 0.15) is 5.75 Å². The summed E-state index contributed by atoms with van der Waals surface area (Å²) >= 11 is 0. The van der Waals surface area contributed by atoms with Gasteiger partial charge in [-0.25, -0.2) is 4.98 Å². The van der Waals surface area contributed by atoms with Gasteiger partial charge < -0.3 is 15.0 Å². The number of hydrogen-bond acceptors (Lipinski definition) is 4. The van der Waals surface area contributed by atoms with Crippen LogP contribution in [0.5, 0.6) is 11.5 Å². The molecule has 98 valence electrons. The number of aromatic nitrogens is 1. The van der Waals surface area contributed by atoms with E-state index >= 15 is 0 Å². The van der Waals surface area contributed by atoms with Crippen LogP contribution in [0.1, 0.15) is 0 Å². The number of rotatable bonds is 3. The minimum Gasteiger partial charge on any atom is -0.453 e. The number of nitrogens with one attached hydrogen (secondary N) is 1. The highest BCUT2D eigenvalue weighted by Gasteiger charge is 2.16. The molecule has 0 unspecified atom stereocenters. The summed E-state index contributed by atoms with van der Waals surface area (Å²) in [6, 6.07) is 13.7. The molecule has 1 aromatic heterocycles. The first-order valence-corrected chi connectivity index (χ1v) is 6.57. The summed E-state index contributed by atoms with van der Waals surface area (Å²) in [5.74, 6) is 2.58. The van der Waals surface area contributed by atoms with E-state index in [0.717, 1.165) is 43.5 Å². The van der Waals surface area contributed by atoms with Crippen molar-refractivity contribution in [2.24, 2.45) is 0 Å². The van der Waals surface area contributed by atoms with E-state index in [2.05, 4.69) is 15.2 Å². The van der Waals surface area contributed by atoms with Gasteiger partial charge in [-0.2, -0.15) is 0 Å². The van der Waals surface area contributed by atoms with Crippen LogP contribution in [0, 0.1) is 0 Å². The van der Waals surface area contributed by atoms with Gasteiger partial charge in [-0.3, -0.25) is 0 Å². The van der Waals surface area contributed by atoms with Crippen LogP contribution in [-0.2, 0) is 0 Å². The van der Waals surface area contributed by atoms with Crippen molar-refractivity contribution in [3.05, 3.63) is 48.7 Å². The van der Waals surface area contributed by atoms with Gasteiger partial charge in [0, 0.05) is 32.4 Å². The van der Waals surface area contributed by atoms with Gasteiger partial charge in [-0.05, 0) is 24.3 Å². The number of anilines is 1. The van der Waals surface area contributed by atoms with Gasteiger partial charge in [0.05, 0.1) is 0 Å². The number of ether oxygens (including phenoxy) is 1. The Bertz CT molecular complexity index is 524. The summed E-state index contributed by atoms with van der Waals surface area (Å²) in [7, 11) is 0. The lowest BCUT2D eigenvalue weighted by Crippen LogP contribution is -2.44. The molecule has 4 heteroatoms. The van der Waals surface area contributed by atoms with Gasteiger partial charge in [0.25, 0.3) is 0 Å². The molecule has 2 aromatic rings. The predicted octanol–water partition coefficient (Wildman–Crippen LogP) is 2.28. The monoisotopic (exact) mass is 255 g/mol. The Balaban J connectivity index is 1.84. The van der Waals surface area contributed by atoms with E-state index in [1.807, 2.05) is 48.7 Å². The molecule has 1 saturated heterocycles. The Labute approximate surface area is 113 Å². The van der Waals surface area contributed by atoms with Crippen LogP contribution in [0.3, 0.4) is 0 Å². The predicted molar refractivity (Wildman–Crippen MR) is 75.8 cm³/mol. The first-order valence-electron chi connectivity index (χ1n) is 6.57. The molecule has 0 aliphatic carbocycles. The van der Waals surface area contributed by atoms with Gasteiger partial charge in [-0.15, -0.1) is 0 Å².